The van der Waals surface area contributed by atoms with Crippen molar-refractivity contribution in [3.8, 4) is 0 Å². The lowest BCUT2D eigenvalue weighted by Gasteiger charge is -2.18. The number of ether oxygens (including phenoxy) is 1. The number of nitrogens with one attached hydrogen (secondary N) is 1. The SMILES string of the molecule is Cc1c(C(=O)N2CC3COCC3C2)cn2ncnc(NC(CO)c3ccccc3)c12. The van der Waals surface area contributed by atoms with Gasteiger partial charge in [-0.2, -0.15) is 5.10 Å². The van der Waals surface area contributed by atoms with E-state index in [2.05, 4.69) is 15.4 Å². The minimum absolute atomic E-state index is 0.0279. The Morgan fingerprint density at radius 2 is 2.00 bits per heavy atom. The maximum Gasteiger partial charge on any atom is 0.255 e. The molecule has 0 saturated carbocycles. The maximum absolute atomic E-state index is 13.2. The first kappa shape index (κ1) is 19.0. The van der Waals surface area contributed by atoms with Crippen molar-refractivity contribution in [1.82, 2.24) is 19.5 Å². The van der Waals surface area contributed by atoms with Gasteiger partial charge >= 0.3 is 0 Å². The van der Waals surface area contributed by atoms with Crippen molar-refractivity contribution in [2.45, 2.75) is 13.0 Å². The van der Waals surface area contributed by atoms with Gasteiger partial charge in [0.1, 0.15) is 11.8 Å². The normalized spacial score (nSPS) is 21.7. The summed E-state index contributed by atoms with van der Waals surface area (Å²) in [5.41, 5.74) is 3.18. The Balaban J connectivity index is 1.45. The highest BCUT2D eigenvalue weighted by atomic mass is 16.5. The molecule has 3 unspecified atom stereocenters. The number of aliphatic hydroxyl groups excluding tert-OH is 1. The average molecular weight is 407 g/mol. The number of anilines is 1. The number of rotatable bonds is 5. The first-order valence-corrected chi connectivity index (χ1v) is 10.3. The minimum Gasteiger partial charge on any atom is -0.394 e. The third kappa shape index (κ3) is 3.22. The van der Waals surface area contributed by atoms with E-state index in [-0.39, 0.29) is 18.6 Å². The van der Waals surface area contributed by atoms with Crippen LogP contribution in [0.5, 0.6) is 0 Å². The molecule has 2 aliphatic heterocycles. The van der Waals surface area contributed by atoms with Crippen LogP contribution in [-0.2, 0) is 4.74 Å². The van der Waals surface area contributed by atoms with E-state index in [1.807, 2.05) is 42.2 Å². The van der Waals surface area contributed by atoms with Crippen LogP contribution in [0.1, 0.15) is 27.5 Å². The molecule has 5 rings (SSSR count). The number of aryl methyl sites for hydroxylation is 1. The number of amides is 1. The summed E-state index contributed by atoms with van der Waals surface area (Å²) in [6.45, 7) is 4.82. The molecule has 1 aromatic carbocycles. The van der Waals surface area contributed by atoms with Crippen molar-refractivity contribution in [3.63, 3.8) is 0 Å². The van der Waals surface area contributed by atoms with Gasteiger partial charge in [-0.15, -0.1) is 0 Å². The molecule has 30 heavy (non-hydrogen) atoms. The highest BCUT2D eigenvalue weighted by Crippen LogP contribution is 2.32. The van der Waals surface area contributed by atoms with Crippen molar-refractivity contribution in [2.75, 3.05) is 38.2 Å². The Bertz CT molecular complexity index is 1060. The molecule has 3 atom stereocenters. The molecule has 2 aromatic heterocycles. The Kier molecular flexibility index (Phi) is 4.88. The third-order valence-electron chi connectivity index (χ3n) is 6.28. The highest BCUT2D eigenvalue weighted by Gasteiger charge is 2.39. The van der Waals surface area contributed by atoms with Crippen molar-refractivity contribution >= 4 is 17.2 Å². The Morgan fingerprint density at radius 1 is 1.27 bits per heavy atom. The van der Waals surface area contributed by atoms with Gasteiger partial charge in [0.2, 0.25) is 0 Å². The summed E-state index contributed by atoms with van der Waals surface area (Å²) in [6.07, 6.45) is 3.24. The second-order valence-electron chi connectivity index (χ2n) is 8.13. The van der Waals surface area contributed by atoms with Crippen LogP contribution in [0.2, 0.25) is 0 Å². The number of carbonyl (C=O) groups excluding carboxylic acids is 1. The van der Waals surface area contributed by atoms with E-state index in [0.717, 1.165) is 42.9 Å². The standard InChI is InChI=1S/C22H25N5O3/c1-14-18(22(29)26-7-16-11-30-12-17(16)8-26)9-27-20(14)21(23-13-24-27)25-19(10-28)15-5-3-2-4-6-15/h2-6,9,13,16-17,19,28H,7-8,10-12H2,1H3,(H,23,24,25). The van der Waals surface area contributed by atoms with Gasteiger partial charge in [-0.1, -0.05) is 30.3 Å². The molecule has 3 aromatic rings. The number of benzene rings is 1. The second kappa shape index (κ2) is 7.70. The first-order valence-electron chi connectivity index (χ1n) is 10.3. The Labute approximate surface area is 174 Å². The molecule has 156 valence electrons. The summed E-state index contributed by atoms with van der Waals surface area (Å²) >= 11 is 0. The molecular weight excluding hydrogens is 382 g/mol. The van der Waals surface area contributed by atoms with E-state index < -0.39 is 0 Å². The smallest absolute Gasteiger partial charge is 0.255 e. The van der Waals surface area contributed by atoms with Gasteiger partial charge in [0.15, 0.2) is 5.82 Å². The van der Waals surface area contributed by atoms with E-state index in [1.54, 1.807) is 10.7 Å². The number of fused-ring (bicyclic) bond motifs is 2. The first-order chi connectivity index (χ1) is 14.7. The monoisotopic (exact) mass is 407 g/mol. The molecule has 4 heterocycles. The maximum atomic E-state index is 13.2. The van der Waals surface area contributed by atoms with E-state index >= 15 is 0 Å². The topological polar surface area (TPSA) is 92.0 Å². The molecule has 8 heteroatoms. The van der Waals surface area contributed by atoms with Gasteiger partial charge in [0, 0.05) is 31.1 Å². The predicted molar refractivity (Wildman–Crippen MR) is 111 cm³/mol. The lowest BCUT2D eigenvalue weighted by atomic mass is 10.0. The summed E-state index contributed by atoms with van der Waals surface area (Å²) in [4.78, 5) is 19.6. The van der Waals surface area contributed by atoms with Crippen molar-refractivity contribution in [2.24, 2.45) is 11.8 Å². The van der Waals surface area contributed by atoms with Crippen LogP contribution in [0, 0.1) is 18.8 Å². The summed E-state index contributed by atoms with van der Waals surface area (Å²) in [6, 6.07) is 9.42. The number of aromatic nitrogens is 3. The second-order valence-corrected chi connectivity index (χ2v) is 8.13. The zero-order chi connectivity index (χ0) is 20.7. The van der Waals surface area contributed by atoms with Crippen LogP contribution in [0.4, 0.5) is 5.82 Å². The number of hydrogen-bond donors (Lipinski definition) is 2. The van der Waals surface area contributed by atoms with Gasteiger partial charge in [-0.25, -0.2) is 9.50 Å². The van der Waals surface area contributed by atoms with Crippen LogP contribution in [0.25, 0.3) is 5.52 Å². The molecular formula is C22H25N5O3. The summed E-state index contributed by atoms with van der Waals surface area (Å²) in [5.74, 6) is 1.51. The minimum atomic E-state index is -0.309. The quantitative estimate of drug-likeness (QED) is 0.671. The van der Waals surface area contributed by atoms with Gasteiger partial charge in [-0.05, 0) is 18.1 Å². The zero-order valence-corrected chi connectivity index (χ0v) is 16.9. The van der Waals surface area contributed by atoms with Gasteiger partial charge in [0.25, 0.3) is 5.91 Å². The number of aliphatic hydroxyl groups is 1. The Hall–Kier alpha value is -2.97. The van der Waals surface area contributed by atoms with Crippen LogP contribution in [0.15, 0.2) is 42.9 Å². The third-order valence-corrected chi connectivity index (χ3v) is 6.28. The zero-order valence-electron chi connectivity index (χ0n) is 16.9. The number of likely N-dealkylation sites (tertiary alicyclic amines) is 1. The van der Waals surface area contributed by atoms with E-state index in [0.29, 0.717) is 23.2 Å². The Morgan fingerprint density at radius 3 is 2.70 bits per heavy atom. The van der Waals surface area contributed by atoms with E-state index in [4.69, 9.17) is 4.74 Å². The lowest BCUT2D eigenvalue weighted by molar-refractivity contribution is 0.0750. The largest absolute Gasteiger partial charge is 0.394 e. The van der Waals surface area contributed by atoms with Crippen LogP contribution in [0.3, 0.4) is 0 Å². The fourth-order valence-corrected chi connectivity index (χ4v) is 4.59. The molecule has 8 nitrogen and oxygen atoms in total. The van der Waals surface area contributed by atoms with E-state index in [9.17, 15) is 9.90 Å². The van der Waals surface area contributed by atoms with Crippen LogP contribution >= 0.6 is 0 Å². The summed E-state index contributed by atoms with van der Waals surface area (Å²) in [5, 5.41) is 17.5. The van der Waals surface area contributed by atoms with E-state index in [1.165, 1.54) is 6.33 Å². The summed E-state index contributed by atoms with van der Waals surface area (Å²) in [7, 11) is 0. The van der Waals surface area contributed by atoms with Crippen molar-refractivity contribution < 1.29 is 14.6 Å². The number of carbonyl (C=O) groups is 1. The predicted octanol–water partition coefficient (Wildman–Crippen LogP) is 1.90. The highest BCUT2D eigenvalue weighted by molar-refractivity contribution is 5.99. The average Bonchev–Trinajstić information content (AvgIpc) is 3.46. The molecule has 2 saturated heterocycles. The van der Waals surface area contributed by atoms with Crippen LogP contribution in [-0.4, -0.2) is 63.4 Å². The molecule has 0 spiro atoms. The lowest BCUT2D eigenvalue weighted by Crippen LogP contribution is -2.30. The number of hydrogen-bond acceptors (Lipinski definition) is 6. The molecule has 2 N–H and O–H groups in total. The number of nitrogens with zero attached hydrogens (tertiary/aromatic N) is 4. The molecule has 0 bridgehead atoms. The van der Waals surface area contributed by atoms with Crippen molar-refractivity contribution in [1.29, 1.82) is 0 Å². The van der Waals surface area contributed by atoms with Gasteiger partial charge in [0.05, 0.1) is 31.4 Å². The molecule has 2 fully saturated rings. The van der Waals surface area contributed by atoms with Crippen LogP contribution < -0.4 is 5.32 Å². The fraction of sp³-hybridized carbons (Fsp3) is 0.409. The summed E-state index contributed by atoms with van der Waals surface area (Å²) < 4.78 is 7.22. The van der Waals surface area contributed by atoms with Gasteiger partial charge < -0.3 is 20.1 Å². The molecule has 1 amide bonds. The molecule has 2 aliphatic rings. The van der Waals surface area contributed by atoms with Crippen molar-refractivity contribution in [3.05, 3.63) is 59.5 Å². The van der Waals surface area contributed by atoms with Gasteiger partial charge in [-0.3, -0.25) is 4.79 Å². The molecule has 0 radical (unpaired) electrons. The molecule has 0 aliphatic carbocycles. The fourth-order valence-electron chi connectivity index (χ4n) is 4.59.